The van der Waals surface area contributed by atoms with Crippen LogP contribution in [-0.4, -0.2) is 54.3 Å². The quantitative estimate of drug-likeness (QED) is 0.501. The molecule has 0 saturated carbocycles. The van der Waals surface area contributed by atoms with Gasteiger partial charge >= 0.3 is 0 Å². The summed E-state index contributed by atoms with van der Waals surface area (Å²) >= 11 is 2.09. The molecular weight excluding hydrogens is 391 g/mol. The summed E-state index contributed by atoms with van der Waals surface area (Å²) in [5, 5.41) is 30.5. The van der Waals surface area contributed by atoms with Crippen molar-refractivity contribution >= 4 is 39.4 Å². The third-order valence-electron chi connectivity index (χ3n) is 3.78. The number of nitrogen functional groups attached to an aromatic ring is 1. The first-order valence-electron chi connectivity index (χ1n) is 6.31. The van der Waals surface area contributed by atoms with Crippen molar-refractivity contribution in [3.8, 4) is 0 Å². The Balaban J connectivity index is 2.15. The second-order valence-electron chi connectivity index (χ2n) is 5.22. The molecule has 0 spiro atoms. The minimum atomic E-state index is -1.57. The average Bonchev–Trinajstić information content (AvgIpc) is 2.87. The number of nitrogens with two attached hydrogens (primary N) is 1. The summed E-state index contributed by atoms with van der Waals surface area (Å²) in [6.45, 7) is 1.07. The van der Waals surface area contributed by atoms with E-state index in [0.29, 0.717) is 16.9 Å². The third kappa shape index (κ3) is 2.11. The molecule has 3 rings (SSSR count). The van der Waals surface area contributed by atoms with E-state index in [2.05, 4.69) is 32.6 Å². The van der Waals surface area contributed by atoms with Gasteiger partial charge in [-0.1, -0.05) is 0 Å². The van der Waals surface area contributed by atoms with E-state index in [-0.39, 0.29) is 6.61 Å². The third-order valence-corrected chi connectivity index (χ3v) is 4.60. The molecule has 1 saturated heterocycles. The number of aromatic nitrogens is 3. The number of rotatable bonds is 2. The molecule has 0 aliphatic carbocycles. The van der Waals surface area contributed by atoms with Gasteiger partial charge in [-0.15, -0.1) is 0 Å². The number of fused-ring (bicyclic) bond motifs is 1. The van der Waals surface area contributed by atoms with Crippen LogP contribution >= 0.6 is 22.6 Å². The number of anilines is 1. The maximum atomic E-state index is 10.5. The highest BCUT2D eigenvalue weighted by Gasteiger charge is 2.53. The Morgan fingerprint density at radius 2 is 2.24 bits per heavy atom. The van der Waals surface area contributed by atoms with Crippen molar-refractivity contribution in [1.29, 1.82) is 0 Å². The summed E-state index contributed by atoms with van der Waals surface area (Å²) in [4.78, 5) is 8.13. The SMILES string of the molecule is CC1(O)[C@@H](O)[C@@H](CO)O[C@H]1n1cc(I)c2c(N)ncnc21. The van der Waals surface area contributed by atoms with Gasteiger partial charge in [-0.2, -0.15) is 0 Å². The molecule has 2 aromatic rings. The molecule has 21 heavy (non-hydrogen) atoms. The molecule has 4 atom stereocenters. The van der Waals surface area contributed by atoms with Gasteiger partial charge in [0.1, 0.15) is 35.6 Å². The fourth-order valence-electron chi connectivity index (χ4n) is 2.63. The van der Waals surface area contributed by atoms with Crippen LogP contribution in [0.1, 0.15) is 13.2 Å². The number of hydrogen-bond donors (Lipinski definition) is 4. The zero-order valence-electron chi connectivity index (χ0n) is 11.1. The molecule has 8 nitrogen and oxygen atoms in total. The number of aliphatic hydroxyl groups excluding tert-OH is 2. The summed E-state index contributed by atoms with van der Waals surface area (Å²) in [6, 6.07) is 0. The van der Waals surface area contributed by atoms with Gasteiger partial charge in [-0.3, -0.25) is 0 Å². The average molecular weight is 406 g/mol. The second-order valence-corrected chi connectivity index (χ2v) is 6.38. The Morgan fingerprint density at radius 3 is 2.86 bits per heavy atom. The Labute approximate surface area is 133 Å². The minimum Gasteiger partial charge on any atom is -0.394 e. The lowest BCUT2D eigenvalue weighted by molar-refractivity contribution is -0.0948. The van der Waals surface area contributed by atoms with E-state index >= 15 is 0 Å². The maximum Gasteiger partial charge on any atom is 0.167 e. The molecule has 0 amide bonds. The second kappa shape index (κ2) is 5.02. The monoisotopic (exact) mass is 406 g/mol. The van der Waals surface area contributed by atoms with E-state index < -0.39 is 24.0 Å². The summed E-state index contributed by atoms with van der Waals surface area (Å²) in [5.74, 6) is 0.333. The van der Waals surface area contributed by atoms with Crippen LogP contribution < -0.4 is 5.73 Å². The van der Waals surface area contributed by atoms with E-state index in [9.17, 15) is 15.3 Å². The molecule has 9 heteroatoms. The van der Waals surface area contributed by atoms with Gasteiger partial charge in [0.15, 0.2) is 6.23 Å². The highest BCUT2D eigenvalue weighted by atomic mass is 127. The van der Waals surface area contributed by atoms with Crippen LogP contribution in [0.25, 0.3) is 11.0 Å². The topological polar surface area (TPSA) is 127 Å². The highest BCUT2D eigenvalue weighted by molar-refractivity contribution is 14.1. The zero-order chi connectivity index (χ0) is 15.4. The van der Waals surface area contributed by atoms with Crippen molar-refractivity contribution in [3.05, 3.63) is 16.1 Å². The number of ether oxygens (including phenoxy) is 1. The summed E-state index contributed by atoms with van der Waals surface area (Å²) in [5.41, 5.74) is 4.79. The van der Waals surface area contributed by atoms with Crippen molar-refractivity contribution in [3.63, 3.8) is 0 Å². The van der Waals surface area contributed by atoms with Crippen LogP contribution in [0, 0.1) is 3.57 Å². The Bertz CT molecular complexity index is 689. The van der Waals surface area contributed by atoms with Crippen LogP contribution in [-0.2, 0) is 4.74 Å². The maximum absolute atomic E-state index is 10.5. The smallest absolute Gasteiger partial charge is 0.167 e. The zero-order valence-corrected chi connectivity index (χ0v) is 13.3. The van der Waals surface area contributed by atoms with Crippen LogP contribution in [0.5, 0.6) is 0 Å². The van der Waals surface area contributed by atoms with Gasteiger partial charge in [0.05, 0.1) is 12.0 Å². The summed E-state index contributed by atoms with van der Waals surface area (Å²) < 4.78 is 8.01. The van der Waals surface area contributed by atoms with E-state index in [1.165, 1.54) is 13.3 Å². The summed E-state index contributed by atoms with van der Waals surface area (Å²) in [6.07, 6.45) is 0.0986. The van der Waals surface area contributed by atoms with Crippen molar-refractivity contribution < 1.29 is 20.1 Å². The molecule has 0 radical (unpaired) electrons. The minimum absolute atomic E-state index is 0.333. The van der Waals surface area contributed by atoms with Gasteiger partial charge in [0.2, 0.25) is 0 Å². The lowest BCUT2D eigenvalue weighted by atomic mass is 9.96. The van der Waals surface area contributed by atoms with Crippen LogP contribution in [0.3, 0.4) is 0 Å². The lowest BCUT2D eigenvalue weighted by Gasteiger charge is -2.27. The van der Waals surface area contributed by atoms with Gasteiger partial charge in [-0.25, -0.2) is 9.97 Å². The standard InChI is InChI=1S/C12H15IN4O4/c1-12(20)8(19)6(3-18)21-11(12)17-2-5(13)7-9(14)15-4-16-10(7)17/h2,4,6,8,11,18-20H,3H2,1H3,(H2,14,15,16)/t6-,8+,11-,12?/m1/s1. The first kappa shape index (κ1) is 14.9. The van der Waals surface area contributed by atoms with Gasteiger partial charge < -0.3 is 30.4 Å². The Morgan fingerprint density at radius 1 is 1.52 bits per heavy atom. The molecule has 5 N–H and O–H groups in total. The predicted molar refractivity (Wildman–Crippen MR) is 82.3 cm³/mol. The molecule has 1 unspecified atom stereocenters. The first-order valence-corrected chi connectivity index (χ1v) is 7.39. The number of halogens is 1. The molecule has 0 aromatic carbocycles. The molecule has 0 bridgehead atoms. The Kier molecular flexibility index (Phi) is 3.56. The molecule has 2 aromatic heterocycles. The van der Waals surface area contributed by atoms with Crippen LogP contribution in [0.4, 0.5) is 5.82 Å². The van der Waals surface area contributed by atoms with Crippen LogP contribution in [0.15, 0.2) is 12.5 Å². The van der Waals surface area contributed by atoms with E-state index in [0.717, 1.165) is 3.57 Å². The molecular formula is C12H15IN4O4. The van der Waals surface area contributed by atoms with Gasteiger partial charge in [0.25, 0.3) is 0 Å². The van der Waals surface area contributed by atoms with E-state index in [4.69, 9.17) is 10.5 Å². The normalized spacial score (nSPS) is 32.9. The van der Waals surface area contributed by atoms with E-state index in [1.807, 2.05) is 0 Å². The molecule has 3 heterocycles. The molecule has 1 aliphatic heterocycles. The summed E-state index contributed by atoms with van der Waals surface area (Å²) in [7, 11) is 0. The molecule has 1 aliphatic rings. The fourth-order valence-corrected chi connectivity index (χ4v) is 3.45. The number of nitrogens with zero attached hydrogens (tertiary/aromatic N) is 3. The Hall–Kier alpha value is -1.01. The first-order chi connectivity index (χ1) is 9.87. The van der Waals surface area contributed by atoms with Crippen LogP contribution in [0.2, 0.25) is 0 Å². The predicted octanol–water partition coefficient (Wildman–Crippen LogP) is -0.380. The number of hydrogen-bond acceptors (Lipinski definition) is 7. The van der Waals surface area contributed by atoms with Crippen molar-refractivity contribution in [2.45, 2.75) is 31.0 Å². The fraction of sp³-hybridized carbons (Fsp3) is 0.500. The molecule has 114 valence electrons. The largest absolute Gasteiger partial charge is 0.394 e. The van der Waals surface area contributed by atoms with Crippen molar-refractivity contribution in [2.75, 3.05) is 12.3 Å². The lowest BCUT2D eigenvalue weighted by Crippen LogP contribution is -2.44. The highest BCUT2D eigenvalue weighted by Crippen LogP contribution is 2.40. The van der Waals surface area contributed by atoms with Crippen molar-refractivity contribution in [2.24, 2.45) is 0 Å². The number of aliphatic hydroxyl groups is 3. The van der Waals surface area contributed by atoms with Crippen molar-refractivity contribution in [1.82, 2.24) is 14.5 Å². The van der Waals surface area contributed by atoms with Gasteiger partial charge in [0, 0.05) is 9.77 Å². The molecule has 1 fully saturated rings. The van der Waals surface area contributed by atoms with Gasteiger partial charge in [-0.05, 0) is 29.5 Å². The van der Waals surface area contributed by atoms with E-state index in [1.54, 1.807) is 10.8 Å².